The maximum atomic E-state index is 6.17. The molecule has 0 aromatic carbocycles. The van der Waals surface area contributed by atoms with Crippen molar-refractivity contribution in [2.24, 2.45) is 5.73 Å². The van der Waals surface area contributed by atoms with Gasteiger partial charge in [0.05, 0.1) is 6.61 Å². The van der Waals surface area contributed by atoms with Gasteiger partial charge in [-0.3, -0.25) is 0 Å². The van der Waals surface area contributed by atoms with E-state index in [1.54, 1.807) is 22.7 Å². The Morgan fingerprint density at radius 3 is 2.83 bits per heavy atom. The molecule has 18 heavy (non-hydrogen) atoms. The Balaban J connectivity index is 2.05. The molecule has 2 aromatic rings. The molecule has 0 aliphatic heterocycles. The lowest BCUT2D eigenvalue weighted by atomic mass is 10.1. The second-order valence-electron chi connectivity index (χ2n) is 4.05. The molecular weight excluding hydrogens is 330 g/mol. The van der Waals surface area contributed by atoms with Crippen LogP contribution < -0.4 is 5.73 Å². The largest absolute Gasteiger partial charge is 0.366 e. The van der Waals surface area contributed by atoms with Crippen LogP contribution >= 0.6 is 38.6 Å². The zero-order chi connectivity index (χ0) is 13.0. The van der Waals surface area contributed by atoms with Crippen molar-refractivity contribution in [2.75, 3.05) is 0 Å². The lowest BCUT2D eigenvalue weighted by molar-refractivity contribution is 0.0250. The van der Waals surface area contributed by atoms with Crippen molar-refractivity contribution < 1.29 is 4.74 Å². The Bertz CT molecular complexity index is 469. The Kier molecular flexibility index (Phi) is 5.38. The number of ether oxygens (including phenoxy) is 1. The van der Waals surface area contributed by atoms with Crippen LogP contribution in [0.3, 0.4) is 0 Å². The summed E-state index contributed by atoms with van der Waals surface area (Å²) in [7, 11) is 0. The van der Waals surface area contributed by atoms with Crippen molar-refractivity contribution in [1.29, 1.82) is 0 Å². The summed E-state index contributed by atoms with van der Waals surface area (Å²) < 4.78 is 7.11. The summed E-state index contributed by atoms with van der Waals surface area (Å²) in [5, 5.41) is 4.13. The summed E-state index contributed by atoms with van der Waals surface area (Å²) in [4.78, 5) is 2.42. The van der Waals surface area contributed by atoms with Crippen molar-refractivity contribution in [3.63, 3.8) is 0 Å². The summed E-state index contributed by atoms with van der Waals surface area (Å²) in [6.07, 6.45) is 0.887. The first kappa shape index (κ1) is 14.2. The van der Waals surface area contributed by atoms with Gasteiger partial charge < -0.3 is 10.5 Å². The first-order valence-electron chi connectivity index (χ1n) is 5.84. The molecule has 0 aliphatic rings. The third-order valence-electron chi connectivity index (χ3n) is 2.71. The van der Waals surface area contributed by atoms with Gasteiger partial charge in [-0.15, -0.1) is 22.7 Å². The Labute approximate surface area is 124 Å². The van der Waals surface area contributed by atoms with Gasteiger partial charge in [0.2, 0.25) is 0 Å². The Hall–Kier alpha value is -0.200. The number of hydrogen-bond donors (Lipinski definition) is 1. The van der Waals surface area contributed by atoms with E-state index in [-0.39, 0.29) is 12.1 Å². The normalized spacial score (nSPS) is 14.6. The number of hydrogen-bond acceptors (Lipinski definition) is 4. The molecule has 0 aliphatic carbocycles. The molecule has 2 N–H and O–H groups in total. The Morgan fingerprint density at radius 2 is 2.28 bits per heavy atom. The first-order valence-corrected chi connectivity index (χ1v) is 8.39. The summed E-state index contributed by atoms with van der Waals surface area (Å²) in [6.45, 7) is 2.72. The molecule has 0 saturated carbocycles. The second-order valence-corrected chi connectivity index (χ2v) is 6.94. The Morgan fingerprint density at radius 1 is 1.44 bits per heavy atom. The van der Waals surface area contributed by atoms with E-state index in [4.69, 9.17) is 10.5 Å². The molecule has 0 fully saturated rings. The molecule has 0 saturated heterocycles. The van der Waals surface area contributed by atoms with Crippen molar-refractivity contribution in [1.82, 2.24) is 0 Å². The van der Waals surface area contributed by atoms with E-state index < -0.39 is 0 Å². The van der Waals surface area contributed by atoms with Crippen molar-refractivity contribution in [3.05, 3.63) is 43.2 Å². The molecule has 5 heteroatoms. The van der Waals surface area contributed by atoms with Gasteiger partial charge in [-0.05, 0) is 39.9 Å². The zero-order valence-electron chi connectivity index (χ0n) is 10.1. The molecule has 0 radical (unpaired) electrons. The predicted molar refractivity (Wildman–Crippen MR) is 82.1 cm³/mol. The summed E-state index contributed by atoms with van der Waals surface area (Å²) >= 11 is 6.88. The van der Waals surface area contributed by atoms with Crippen molar-refractivity contribution in [2.45, 2.75) is 32.1 Å². The number of halogens is 1. The molecule has 2 unspecified atom stereocenters. The average Bonchev–Trinajstić information content (AvgIpc) is 3.01. The van der Waals surface area contributed by atoms with Gasteiger partial charge in [0, 0.05) is 25.6 Å². The van der Waals surface area contributed by atoms with Gasteiger partial charge in [0.25, 0.3) is 0 Å². The summed E-state index contributed by atoms with van der Waals surface area (Å²) in [6, 6.07) is 6.26. The minimum Gasteiger partial charge on any atom is -0.366 e. The quantitative estimate of drug-likeness (QED) is 0.832. The first-order chi connectivity index (χ1) is 8.70. The monoisotopic (exact) mass is 345 g/mol. The third-order valence-corrected chi connectivity index (χ3v) is 5.32. The fraction of sp³-hybridized carbons (Fsp3) is 0.385. The highest BCUT2D eigenvalue weighted by Crippen LogP contribution is 2.31. The lowest BCUT2D eigenvalue weighted by Gasteiger charge is -2.22. The lowest BCUT2D eigenvalue weighted by Crippen LogP contribution is -2.28. The molecule has 2 nitrogen and oxygen atoms in total. The molecule has 0 spiro atoms. The van der Waals surface area contributed by atoms with Gasteiger partial charge in [-0.25, -0.2) is 0 Å². The molecule has 2 aromatic heterocycles. The fourth-order valence-corrected chi connectivity index (χ4v) is 3.87. The van der Waals surface area contributed by atoms with E-state index in [1.807, 2.05) is 6.07 Å². The second kappa shape index (κ2) is 6.82. The molecular formula is C13H16BrNOS2. The van der Waals surface area contributed by atoms with Crippen LogP contribution in [0, 0.1) is 0 Å². The molecule has 2 rings (SSSR count). The van der Waals surface area contributed by atoms with Crippen LogP contribution in [0.5, 0.6) is 0 Å². The van der Waals surface area contributed by atoms with E-state index in [2.05, 4.69) is 45.7 Å². The molecule has 2 heterocycles. The van der Waals surface area contributed by atoms with E-state index in [0.29, 0.717) is 6.61 Å². The average molecular weight is 346 g/mol. The topological polar surface area (TPSA) is 35.2 Å². The van der Waals surface area contributed by atoms with E-state index in [0.717, 1.165) is 10.9 Å². The van der Waals surface area contributed by atoms with Crippen LogP contribution in [-0.4, -0.2) is 6.04 Å². The van der Waals surface area contributed by atoms with Crippen LogP contribution in [0.25, 0.3) is 0 Å². The van der Waals surface area contributed by atoms with Gasteiger partial charge in [0.1, 0.15) is 6.10 Å². The third kappa shape index (κ3) is 3.65. The number of nitrogens with two attached hydrogens (primary N) is 1. The van der Waals surface area contributed by atoms with Crippen LogP contribution in [0.1, 0.15) is 29.2 Å². The highest BCUT2D eigenvalue weighted by Gasteiger charge is 2.21. The van der Waals surface area contributed by atoms with Crippen LogP contribution in [-0.2, 0) is 11.3 Å². The van der Waals surface area contributed by atoms with Gasteiger partial charge in [-0.1, -0.05) is 13.0 Å². The van der Waals surface area contributed by atoms with Crippen LogP contribution in [0.4, 0.5) is 0 Å². The maximum absolute atomic E-state index is 6.17. The molecule has 0 bridgehead atoms. The summed E-state index contributed by atoms with van der Waals surface area (Å²) in [5.74, 6) is 0. The number of rotatable bonds is 6. The predicted octanol–water partition coefficient (Wildman–Crippen LogP) is 4.57. The minimum atomic E-state index is -0.0200. The highest BCUT2D eigenvalue weighted by molar-refractivity contribution is 9.10. The van der Waals surface area contributed by atoms with Gasteiger partial charge >= 0.3 is 0 Å². The standard InChI is InChI=1S/C13H16BrNOS2/c1-2-11(15)13(12-6-9(14)8-18-12)16-7-10-4-3-5-17-10/h3-6,8,11,13H,2,7,15H2,1H3. The van der Waals surface area contributed by atoms with Crippen LogP contribution in [0.15, 0.2) is 33.4 Å². The van der Waals surface area contributed by atoms with Crippen molar-refractivity contribution >= 4 is 38.6 Å². The van der Waals surface area contributed by atoms with Gasteiger partial charge in [0.15, 0.2) is 0 Å². The number of thiophene rings is 2. The van der Waals surface area contributed by atoms with E-state index in [9.17, 15) is 0 Å². The van der Waals surface area contributed by atoms with Crippen molar-refractivity contribution in [3.8, 4) is 0 Å². The van der Waals surface area contributed by atoms with E-state index in [1.165, 1.54) is 9.75 Å². The van der Waals surface area contributed by atoms with Gasteiger partial charge in [-0.2, -0.15) is 0 Å². The van der Waals surface area contributed by atoms with E-state index >= 15 is 0 Å². The highest BCUT2D eigenvalue weighted by atomic mass is 79.9. The fourth-order valence-electron chi connectivity index (χ4n) is 1.67. The SMILES string of the molecule is CCC(N)C(OCc1cccs1)c1cc(Br)cs1. The molecule has 98 valence electrons. The summed E-state index contributed by atoms with van der Waals surface area (Å²) in [5.41, 5.74) is 6.17. The zero-order valence-corrected chi connectivity index (χ0v) is 13.4. The maximum Gasteiger partial charge on any atom is 0.107 e. The molecule has 2 atom stereocenters. The molecule has 0 amide bonds. The minimum absolute atomic E-state index is 0.0200. The van der Waals surface area contributed by atoms with Crippen LogP contribution in [0.2, 0.25) is 0 Å². The smallest absolute Gasteiger partial charge is 0.107 e.